The first-order valence-corrected chi connectivity index (χ1v) is 7.10. The fraction of sp³-hybridized carbons (Fsp3) is 0.0667. The molecule has 19 heavy (non-hydrogen) atoms. The number of thiazole rings is 1. The first-order chi connectivity index (χ1) is 9.42. The maximum absolute atomic E-state index is 4.53. The highest BCUT2D eigenvalue weighted by Gasteiger charge is 2.31. The monoisotopic (exact) mass is 264 g/mol. The van der Waals surface area contributed by atoms with Gasteiger partial charge in [-0.3, -0.25) is 4.98 Å². The van der Waals surface area contributed by atoms with Crippen LogP contribution in [0.5, 0.6) is 0 Å². The van der Waals surface area contributed by atoms with Gasteiger partial charge in [-0.15, -0.1) is 0 Å². The van der Waals surface area contributed by atoms with Gasteiger partial charge in [0.15, 0.2) is 11.2 Å². The van der Waals surface area contributed by atoms with E-state index in [1.165, 1.54) is 26.4 Å². The molecule has 4 aromatic rings. The highest BCUT2D eigenvalue weighted by Crippen LogP contribution is 2.33. The van der Waals surface area contributed by atoms with Gasteiger partial charge in [-0.1, -0.05) is 18.2 Å². The van der Waals surface area contributed by atoms with E-state index in [9.17, 15) is 0 Å². The van der Waals surface area contributed by atoms with Crippen LogP contribution >= 0.6 is 11.3 Å². The second-order valence-electron chi connectivity index (χ2n) is 4.83. The molecule has 4 heteroatoms. The van der Waals surface area contributed by atoms with E-state index in [0.29, 0.717) is 0 Å². The Kier molecular flexibility index (Phi) is 1.64. The van der Waals surface area contributed by atoms with Crippen LogP contribution in [0.25, 0.3) is 26.6 Å². The minimum atomic E-state index is 0.932. The number of pyridine rings is 1. The summed E-state index contributed by atoms with van der Waals surface area (Å²) in [5.74, 6) is 0. The van der Waals surface area contributed by atoms with E-state index in [0.717, 1.165) is 12.2 Å². The van der Waals surface area contributed by atoms with E-state index in [1.807, 2.05) is 23.6 Å². The second-order valence-corrected chi connectivity index (χ2v) is 5.84. The van der Waals surface area contributed by atoms with Gasteiger partial charge in [0.05, 0.1) is 4.70 Å². The van der Waals surface area contributed by atoms with E-state index in [4.69, 9.17) is 0 Å². The molecule has 0 N–H and O–H groups in total. The smallest absolute Gasteiger partial charge is 0.252 e. The molecule has 1 aromatic carbocycles. The predicted octanol–water partition coefficient (Wildman–Crippen LogP) is 2.87. The van der Waals surface area contributed by atoms with Gasteiger partial charge >= 0.3 is 4.96 Å². The van der Waals surface area contributed by atoms with Gasteiger partial charge in [0.1, 0.15) is 18.4 Å². The van der Waals surface area contributed by atoms with Gasteiger partial charge < -0.3 is 0 Å². The van der Waals surface area contributed by atoms with E-state index < -0.39 is 0 Å². The Labute approximate surface area is 113 Å². The minimum Gasteiger partial charge on any atom is -0.252 e. The van der Waals surface area contributed by atoms with Crippen LogP contribution in [0.4, 0.5) is 0 Å². The lowest BCUT2D eigenvalue weighted by molar-refractivity contribution is -0.476. The van der Waals surface area contributed by atoms with Gasteiger partial charge in [0, 0.05) is 11.8 Å². The van der Waals surface area contributed by atoms with Gasteiger partial charge in [-0.25, -0.2) is 4.57 Å². The number of imidazole rings is 1. The molecule has 0 amide bonds. The molecule has 0 radical (unpaired) electrons. The fourth-order valence-electron chi connectivity index (χ4n) is 2.91. The first-order valence-electron chi connectivity index (χ1n) is 6.28. The lowest BCUT2D eigenvalue weighted by Gasteiger charge is -1.91. The molecule has 0 saturated carbocycles. The second kappa shape index (κ2) is 3.22. The molecule has 0 atom stereocenters. The molecule has 0 aliphatic carbocycles. The van der Waals surface area contributed by atoms with Crippen LogP contribution in [0.3, 0.4) is 0 Å². The molecule has 5 rings (SSSR count). The summed E-state index contributed by atoms with van der Waals surface area (Å²) in [7, 11) is 0. The molecular weight excluding hydrogens is 254 g/mol. The van der Waals surface area contributed by atoms with Crippen LogP contribution in [0, 0.1) is 0 Å². The highest BCUT2D eigenvalue weighted by atomic mass is 32.1. The van der Waals surface area contributed by atoms with E-state index in [-0.39, 0.29) is 0 Å². The molecule has 90 valence electrons. The topological polar surface area (TPSA) is 21.9 Å². The third kappa shape index (κ3) is 1.12. The van der Waals surface area contributed by atoms with Gasteiger partial charge in [0.25, 0.3) is 0 Å². The Balaban J connectivity index is 1.93. The van der Waals surface area contributed by atoms with Crippen LogP contribution in [0.15, 0.2) is 48.8 Å². The van der Waals surface area contributed by atoms with Crippen molar-refractivity contribution in [2.75, 3.05) is 0 Å². The molecule has 0 unspecified atom stereocenters. The van der Waals surface area contributed by atoms with Crippen LogP contribution in [-0.4, -0.2) is 9.55 Å². The zero-order valence-corrected chi connectivity index (χ0v) is 10.9. The van der Waals surface area contributed by atoms with Crippen molar-refractivity contribution in [2.45, 2.75) is 6.54 Å². The molecule has 1 aliphatic heterocycles. The number of hydrogen-bond acceptors (Lipinski definition) is 2. The third-order valence-electron chi connectivity index (χ3n) is 3.77. The number of hydrogen-bond donors (Lipinski definition) is 0. The van der Waals surface area contributed by atoms with Gasteiger partial charge in [-0.2, -0.15) is 4.40 Å². The molecule has 3 nitrogen and oxygen atoms in total. The Bertz CT molecular complexity index is 949. The zero-order valence-electron chi connectivity index (χ0n) is 10.1. The minimum absolute atomic E-state index is 0.932. The Morgan fingerprint density at radius 1 is 1.16 bits per heavy atom. The Morgan fingerprint density at radius 2 is 2.11 bits per heavy atom. The average Bonchev–Trinajstić information content (AvgIpc) is 3.07. The summed E-state index contributed by atoms with van der Waals surface area (Å²) in [6, 6.07) is 12.7. The summed E-state index contributed by atoms with van der Waals surface area (Å²) in [6.45, 7) is 0.932. The summed E-state index contributed by atoms with van der Waals surface area (Å²) in [6.07, 6.45) is 4.09. The van der Waals surface area contributed by atoms with Crippen molar-refractivity contribution < 1.29 is 4.40 Å². The van der Waals surface area contributed by atoms with Crippen LogP contribution < -0.4 is 4.40 Å². The lowest BCUT2D eigenvalue weighted by atomic mass is 10.2. The molecule has 4 heterocycles. The van der Waals surface area contributed by atoms with E-state index >= 15 is 0 Å². The predicted molar refractivity (Wildman–Crippen MR) is 75.3 cm³/mol. The maximum Gasteiger partial charge on any atom is 0.347 e. The quantitative estimate of drug-likeness (QED) is 0.394. The molecule has 0 spiro atoms. The van der Waals surface area contributed by atoms with Crippen LogP contribution in [0.2, 0.25) is 0 Å². The third-order valence-corrected chi connectivity index (χ3v) is 4.93. The molecule has 3 aromatic heterocycles. The van der Waals surface area contributed by atoms with Crippen molar-refractivity contribution >= 4 is 26.5 Å². The van der Waals surface area contributed by atoms with Crippen molar-refractivity contribution in [3.8, 4) is 11.4 Å². The maximum atomic E-state index is 4.53. The highest BCUT2D eigenvalue weighted by molar-refractivity contribution is 7.23. The van der Waals surface area contributed by atoms with Crippen molar-refractivity contribution in [3.63, 3.8) is 0 Å². The van der Waals surface area contributed by atoms with Crippen molar-refractivity contribution in [2.24, 2.45) is 0 Å². The van der Waals surface area contributed by atoms with Gasteiger partial charge in [0.2, 0.25) is 0 Å². The van der Waals surface area contributed by atoms with Crippen molar-refractivity contribution in [1.82, 2.24) is 9.55 Å². The average molecular weight is 264 g/mol. The molecular formula is C15H10N3S+. The van der Waals surface area contributed by atoms with Crippen LogP contribution in [-0.2, 0) is 6.54 Å². The summed E-state index contributed by atoms with van der Waals surface area (Å²) >= 11 is 1.84. The SMILES string of the molecule is c1cnc2c(c1)Cn1c-2c[n+]2c3ccccc3sc12. The standard InChI is InChI=1S/C15H10N3S/c1-2-6-13-11(5-1)18-9-12-14-10(4-3-7-16-14)8-17(12)15(18)19-13/h1-7,9H,8H2/q+1. The molecule has 0 bridgehead atoms. The molecule has 0 saturated heterocycles. The van der Waals surface area contributed by atoms with Crippen molar-refractivity contribution in [1.29, 1.82) is 0 Å². The number of nitrogens with zero attached hydrogens (tertiary/aromatic N) is 3. The Morgan fingerprint density at radius 3 is 3.11 bits per heavy atom. The number of benzene rings is 1. The van der Waals surface area contributed by atoms with E-state index in [1.54, 1.807) is 0 Å². The van der Waals surface area contributed by atoms with Crippen LogP contribution in [0.1, 0.15) is 5.56 Å². The van der Waals surface area contributed by atoms with Gasteiger partial charge in [-0.05, 0) is 29.5 Å². The first kappa shape index (κ1) is 9.69. The fourth-order valence-corrected chi connectivity index (χ4v) is 4.04. The summed E-state index contributed by atoms with van der Waals surface area (Å²) < 4.78 is 5.98. The number of rotatable bonds is 0. The van der Waals surface area contributed by atoms with E-state index in [2.05, 4.69) is 50.5 Å². The molecule has 1 aliphatic rings. The number of aromatic nitrogens is 3. The zero-order chi connectivity index (χ0) is 12.4. The summed E-state index contributed by atoms with van der Waals surface area (Å²) in [5, 5.41) is 0. The lowest BCUT2D eigenvalue weighted by Crippen LogP contribution is -2.16. The largest absolute Gasteiger partial charge is 0.347 e. The summed E-state index contributed by atoms with van der Waals surface area (Å²) in [5.41, 5.74) is 4.95. The van der Waals surface area contributed by atoms with Crippen molar-refractivity contribution in [3.05, 3.63) is 54.4 Å². The summed E-state index contributed by atoms with van der Waals surface area (Å²) in [4.78, 5) is 5.81. The normalized spacial score (nSPS) is 13.1. The number of fused-ring (bicyclic) bond motifs is 7. The Hall–Kier alpha value is -2.20. The molecule has 0 fully saturated rings. The number of para-hydroxylation sites is 1.